The average Bonchev–Trinajstić information content (AvgIpc) is 2.80. The fourth-order valence-electron chi connectivity index (χ4n) is 1.79. The third-order valence-electron chi connectivity index (χ3n) is 2.86. The van der Waals surface area contributed by atoms with Gasteiger partial charge >= 0.3 is 0 Å². The number of carbonyl (C=O) groups excluding carboxylic acids is 1. The molecule has 0 saturated heterocycles. The predicted molar refractivity (Wildman–Crippen MR) is 75.5 cm³/mol. The van der Waals surface area contributed by atoms with E-state index in [1.54, 1.807) is 20.2 Å². The van der Waals surface area contributed by atoms with Crippen LogP contribution in [0.5, 0.6) is 0 Å². The molecule has 0 radical (unpaired) electrons. The average molecular weight is 293 g/mol. The Morgan fingerprint density at radius 2 is 2.15 bits per heavy atom. The largest absolute Gasteiger partial charge is 0.314 e. The van der Waals surface area contributed by atoms with Crippen molar-refractivity contribution in [2.75, 3.05) is 12.4 Å². The molecule has 2 rings (SSSR count). The maximum absolute atomic E-state index is 12.3. The van der Waals surface area contributed by atoms with Crippen LogP contribution < -0.4 is 5.32 Å². The summed E-state index contributed by atoms with van der Waals surface area (Å²) < 4.78 is 6.49. The van der Waals surface area contributed by atoms with Crippen molar-refractivity contribution in [3.8, 4) is 0 Å². The molecule has 1 N–H and O–H groups in total. The van der Waals surface area contributed by atoms with Crippen LogP contribution >= 0.6 is 12.0 Å². The van der Waals surface area contributed by atoms with Crippen molar-refractivity contribution < 1.29 is 8.98 Å². The predicted octanol–water partition coefficient (Wildman–Crippen LogP) is 1.73. The van der Waals surface area contributed by atoms with Crippen molar-refractivity contribution in [2.45, 2.75) is 18.7 Å². The summed E-state index contributed by atoms with van der Waals surface area (Å²) in [6.45, 7) is 3.86. The van der Waals surface area contributed by atoms with Crippen LogP contribution in [0.3, 0.4) is 0 Å². The van der Waals surface area contributed by atoms with Gasteiger partial charge in [0.25, 0.3) is 5.91 Å². The number of benzene rings is 1. The molecule has 7 nitrogen and oxygen atoms in total. The highest BCUT2D eigenvalue weighted by molar-refractivity contribution is 7.94. The lowest BCUT2D eigenvalue weighted by Crippen LogP contribution is -2.17. The molecule has 0 unspecified atom stereocenters. The van der Waals surface area contributed by atoms with E-state index in [9.17, 15) is 4.79 Å². The summed E-state index contributed by atoms with van der Waals surface area (Å²) in [6.07, 6.45) is 0. The van der Waals surface area contributed by atoms with E-state index in [2.05, 4.69) is 20.8 Å². The van der Waals surface area contributed by atoms with Gasteiger partial charge in [0.1, 0.15) is 0 Å². The molecule has 0 spiro atoms. The quantitative estimate of drug-likeness (QED) is 0.865. The van der Waals surface area contributed by atoms with Crippen LogP contribution in [0.4, 0.5) is 5.95 Å². The maximum Gasteiger partial charge on any atom is 0.258 e. The molecule has 1 heterocycles. The Morgan fingerprint density at radius 1 is 1.40 bits per heavy atom. The highest BCUT2D eigenvalue weighted by Crippen LogP contribution is 2.29. The van der Waals surface area contributed by atoms with Gasteiger partial charge in [0, 0.05) is 29.5 Å². The number of nitrogens with one attached hydrogen (secondary N) is 1. The normalized spacial score (nSPS) is 10.6. The van der Waals surface area contributed by atoms with Gasteiger partial charge in [-0.15, -0.1) is 0 Å². The Hall–Kier alpha value is -1.93. The molecule has 1 aromatic carbocycles. The van der Waals surface area contributed by atoms with Crippen LogP contribution in [0.2, 0.25) is 0 Å². The summed E-state index contributed by atoms with van der Waals surface area (Å²) in [4.78, 5) is 13.2. The standard InChI is InChI=1S/C12H15N5O2S/c1-7-5-6-9(8(2)10(7)20-19-4)11(18)13-12-14-15-16-17(12)3/h5-6H,1-4H3,(H,13,14,16,18). The van der Waals surface area contributed by atoms with Gasteiger partial charge in [-0.1, -0.05) is 11.2 Å². The Bertz CT molecular complexity index is 641. The molecule has 0 aliphatic carbocycles. The number of aryl methyl sites for hydroxylation is 2. The smallest absolute Gasteiger partial charge is 0.258 e. The zero-order valence-corrected chi connectivity index (χ0v) is 12.5. The number of hydrogen-bond donors (Lipinski definition) is 1. The summed E-state index contributed by atoms with van der Waals surface area (Å²) in [5.74, 6) is 0.0503. The van der Waals surface area contributed by atoms with E-state index in [1.807, 2.05) is 19.9 Å². The lowest BCUT2D eigenvalue weighted by Gasteiger charge is -2.12. The first-order valence-corrected chi connectivity index (χ1v) is 6.63. The minimum Gasteiger partial charge on any atom is -0.314 e. The zero-order chi connectivity index (χ0) is 14.7. The van der Waals surface area contributed by atoms with Gasteiger partial charge in [-0.2, -0.15) is 0 Å². The molecule has 106 valence electrons. The molecule has 0 aliphatic rings. The number of amides is 1. The van der Waals surface area contributed by atoms with Gasteiger partial charge in [-0.25, -0.2) is 4.68 Å². The number of tetrazole rings is 1. The van der Waals surface area contributed by atoms with Crippen molar-refractivity contribution in [3.63, 3.8) is 0 Å². The molecule has 0 atom stereocenters. The number of hydrogen-bond acceptors (Lipinski definition) is 6. The van der Waals surface area contributed by atoms with E-state index >= 15 is 0 Å². The van der Waals surface area contributed by atoms with Crippen molar-refractivity contribution in [3.05, 3.63) is 28.8 Å². The van der Waals surface area contributed by atoms with Gasteiger partial charge in [0.05, 0.1) is 7.11 Å². The highest BCUT2D eigenvalue weighted by atomic mass is 32.2. The molecule has 0 saturated carbocycles. The van der Waals surface area contributed by atoms with E-state index in [0.29, 0.717) is 11.5 Å². The number of rotatable bonds is 4. The Labute approximate surface area is 120 Å². The number of carbonyl (C=O) groups is 1. The maximum atomic E-state index is 12.3. The topological polar surface area (TPSA) is 81.9 Å². The molecule has 0 bridgehead atoms. The van der Waals surface area contributed by atoms with Crippen molar-refractivity contribution in [1.29, 1.82) is 0 Å². The molecule has 2 aromatic rings. The Balaban J connectivity index is 2.31. The second-order valence-electron chi connectivity index (χ2n) is 4.21. The van der Waals surface area contributed by atoms with E-state index in [1.165, 1.54) is 16.7 Å². The molecular formula is C12H15N5O2S. The molecule has 0 aliphatic heterocycles. The van der Waals surface area contributed by atoms with Gasteiger partial charge in [0.2, 0.25) is 5.95 Å². The van der Waals surface area contributed by atoms with E-state index in [-0.39, 0.29) is 5.91 Å². The molecule has 0 fully saturated rings. The number of aromatic nitrogens is 4. The minimum absolute atomic E-state index is 0.252. The Kier molecular flexibility index (Phi) is 4.35. The first-order chi connectivity index (χ1) is 9.54. The number of anilines is 1. The van der Waals surface area contributed by atoms with Gasteiger partial charge in [-0.3, -0.25) is 10.1 Å². The van der Waals surface area contributed by atoms with E-state index < -0.39 is 0 Å². The first-order valence-electron chi connectivity index (χ1n) is 5.89. The molecular weight excluding hydrogens is 278 g/mol. The number of nitrogens with zero attached hydrogens (tertiary/aromatic N) is 4. The fraction of sp³-hybridized carbons (Fsp3) is 0.333. The molecule has 1 aromatic heterocycles. The minimum atomic E-state index is -0.252. The van der Waals surface area contributed by atoms with E-state index in [0.717, 1.165) is 16.0 Å². The van der Waals surface area contributed by atoms with Gasteiger partial charge in [0.15, 0.2) is 0 Å². The third kappa shape index (κ3) is 2.81. The summed E-state index contributed by atoms with van der Waals surface area (Å²) in [7, 11) is 3.26. The van der Waals surface area contributed by atoms with Crippen molar-refractivity contribution in [2.24, 2.45) is 7.05 Å². The van der Waals surface area contributed by atoms with Crippen LogP contribution in [0, 0.1) is 13.8 Å². The van der Waals surface area contributed by atoms with Crippen LogP contribution in [-0.4, -0.2) is 33.2 Å². The van der Waals surface area contributed by atoms with Gasteiger partial charge < -0.3 is 4.18 Å². The van der Waals surface area contributed by atoms with Crippen LogP contribution in [0.25, 0.3) is 0 Å². The molecule has 1 amide bonds. The lowest BCUT2D eigenvalue weighted by atomic mass is 10.1. The second-order valence-corrected chi connectivity index (χ2v) is 5.12. The first kappa shape index (κ1) is 14.5. The molecule has 20 heavy (non-hydrogen) atoms. The SMILES string of the molecule is COSc1c(C)ccc(C(=O)Nc2nnnn2C)c1C. The zero-order valence-electron chi connectivity index (χ0n) is 11.7. The summed E-state index contributed by atoms with van der Waals surface area (Å²) >= 11 is 1.25. The van der Waals surface area contributed by atoms with Gasteiger partial charge in [-0.05, 0) is 41.5 Å². The monoisotopic (exact) mass is 293 g/mol. The summed E-state index contributed by atoms with van der Waals surface area (Å²) in [5.41, 5.74) is 2.49. The summed E-state index contributed by atoms with van der Waals surface area (Å²) in [6, 6.07) is 3.67. The van der Waals surface area contributed by atoms with E-state index in [4.69, 9.17) is 4.18 Å². The fourth-order valence-corrected chi connectivity index (χ4v) is 2.39. The summed E-state index contributed by atoms with van der Waals surface area (Å²) in [5, 5.41) is 13.5. The molecule has 8 heteroatoms. The Morgan fingerprint density at radius 3 is 2.75 bits per heavy atom. The lowest BCUT2D eigenvalue weighted by molar-refractivity contribution is 0.102. The van der Waals surface area contributed by atoms with Crippen molar-refractivity contribution in [1.82, 2.24) is 20.2 Å². The van der Waals surface area contributed by atoms with Crippen molar-refractivity contribution >= 4 is 23.9 Å². The third-order valence-corrected chi connectivity index (χ3v) is 3.82. The highest BCUT2D eigenvalue weighted by Gasteiger charge is 2.16. The van der Waals surface area contributed by atoms with Crippen LogP contribution in [0.15, 0.2) is 17.0 Å². The second kappa shape index (κ2) is 6.02. The van der Waals surface area contributed by atoms with Crippen LogP contribution in [0.1, 0.15) is 21.5 Å². The van der Waals surface area contributed by atoms with Crippen LogP contribution in [-0.2, 0) is 11.2 Å².